The first-order valence-corrected chi connectivity index (χ1v) is 10.7. The van der Waals surface area contributed by atoms with E-state index >= 15 is 0 Å². The molecule has 0 fully saturated rings. The standard InChI is InChI=1S/C22H18Cl2F3N5O/c1-12-20(30-31-32(12)11-13-2-4-15(5-3-13)22(25,26)27)21(33)28-7-6-14-10-29-18-9-16(23)8-17(24)19(14)18/h2-5,8-10,29H,6-7,11H2,1H3,(H,28,33). The number of aromatic nitrogens is 4. The maximum absolute atomic E-state index is 12.7. The maximum atomic E-state index is 12.7. The number of benzene rings is 2. The number of alkyl halides is 3. The van der Waals surface area contributed by atoms with Crippen LogP contribution in [0.2, 0.25) is 10.0 Å². The predicted molar refractivity (Wildman–Crippen MR) is 120 cm³/mol. The van der Waals surface area contributed by atoms with E-state index in [9.17, 15) is 18.0 Å². The zero-order valence-corrected chi connectivity index (χ0v) is 18.8. The highest BCUT2D eigenvalue weighted by molar-refractivity contribution is 6.38. The summed E-state index contributed by atoms with van der Waals surface area (Å²) in [4.78, 5) is 15.7. The molecule has 2 aromatic heterocycles. The number of halogens is 5. The molecule has 0 spiro atoms. The van der Waals surface area contributed by atoms with Crippen LogP contribution in [0.15, 0.2) is 42.6 Å². The molecular weight excluding hydrogens is 478 g/mol. The molecule has 11 heteroatoms. The van der Waals surface area contributed by atoms with Gasteiger partial charge < -0.3 is 10.3 Å². The minimum absolute atomic E-state index is 0.158. The van der Waals surface area contributed by atoms with E-state index < -0.39 is 11.7 Å². The van der Waals surface area contributed by atoms with Crippen LogP contribution in [0.5, 0.6) is 0 Å². The van der Waals surface area contributed by atoms with Gasteiger partial charge in [-0.15, -0.1) is 5.10 Å². The van der Waals surface area contributed by atoms with Crippen molar-refractivity contribution in [1.29, 1.82) is 0 Å². The molecule has 0 aliphatic heterocycles. The van der Waals surface area contributed by atoms with E-state index in [0.717, 1.165) is 28.6 Å². The van der Waals surface area contributed by atoms with Crippen molar-refractivity contribution in [1.82, 2.24) is 25.3 Å². The predicted octanol–water partition coefficient (Wildman–Crippen LogP) is 5.41. The molecule has 2 aromatic carbocycles. The molecule has 172 valence electrons. The van der Waals surface area contributed by atoms with Crippen LogP contribution < -0.4 is 5.32 Å². The maximum Gasteiger partial charge on any atom is 0.416 e. The average Bonchev–Trinajstić information content (AvgIpc) is 3.31. The zero-order chi connectivity index (χ0) is 23.8. The number of hydrogen-bond acceptors (Lipinski definition) is 3. The second-order valence-electron chi connectivity index (χ2n) is 7.51. The Morgan fingerprint density at radius 3 is 2.61 bits per heavy atom. The molecule has 2 heterocycles. The van der Waals surface area contributed by atoms with E-state index in [1.54, 1.807) is 19.1 Å². The Labute approximate surface area is 196 Å². The molecule has 33 heavy (non-hydrogen) atoms. The van der Waals surface area contributed by atoms with Crippen LogP contribution in [-0.4, -0.2) is 32.4 Å². The largest absolute Gasteiger partial charge is 0.416 e. The van der Waals surface area contributed by atoms with E-state index in [1.807, 2.05) is 6.20 Å². The van der Waals surface area contributed by atoms with E-state index in [1.165, 1.54) is 16.8 Å². The van der Waals surface area contributed by atoms with Crippen LogP contribution in [0.4, 0.5) is 13.2 Å². The molecule has 4 aromatic rings. The Kier molecular flexibility index (Phi) is 6.36. The smallest absolute Gasteiger partial charge is 0.361 e. The summed E-state index contributed by atoms with van der Waals surface area (Å²) in [7, 11) is 0. The Bertz CT molecular complexity index is 1310. The molecule has 0 saturated heterocycles. The van der Waals surface area contributed by atoms with Crippen molar-refractivity contribution in [3.63, 3.8) is 0 Å². The number of nitrogens with zero attached hydrogens (tertiary/aromatic N) is 3. The summed E-state index contributed by atoms with van der Waals surface area (Å²) in [6.07, 6.45) is -2.03. The summed E-state index contributed by atoms with van der Waals surface area (Å²) in [5.41, 5.74) is 2.31. The van der Waals surface area contributed by atoms with Crippen molar-refractivity contribution < 1.29 is 18.0 Å². The molecule has 0 atom stereocenters. The monoisotopic (exact) mass is 495 g/mol. The van der Waals surface area contributed by atoms with Crippen molar-refractivity contribution in [3.05, 3.63) is 80.7 Å². The van der Waals surface area contributed by atoms with Gasteiger partial charge in [0.1, 0.15) is 0 Å². The van der Waals surface area contributed by atoms with Gasteiger partial charge in [-0.05, 0) is 48.7 Å². The second-order valence-corrected chi connectivity index (χ2v) is 8.35. The number of hydrogen-bond donors (Lipinski definition) is 2. The van der Waals surface area contributed by atoms with Crippen LogP contribution in [0, 0.1) is 6.92 Å². The van der Waals surface area contributed by atoms with Crippen LogP contribution in [0.1, 0.15) is 32.9 Å². The lowest BCUT2D eigenvalue weighted by atomic mass is 10.1. The molecule has 0 radical (unpaired) electrons. The van der Waals surface area contributed by atoms with Gasteiger partial charge in [0.25, 0.3) is 5.91 Å². The Hall–Kier alpha value is -3.04. The van der Waals surface area contributed by atoms with Gasteiger partial charge in [0.2, 0.25) is 0 Å². The Morgan fingerprint density at radius 2 is 1.91 bits per heavy atom. The molecule has 0 aliphatic carbocycles. The quantitative estimate of drug-likeness (QED) is 0.375. The Morgan fingerprint density at radius 1 is 1.18 bits per heavy atom. The summed E-state index contributed by atoms with van der Waals surface area (Å²) >= 11 is 12.3. The summed E-state index contributed by atoms with van der Waals surface area (Å²) < 4.78 is 39.6. The fraction of sp³-hybridized carbons (Fsp3) is 0.227. The van der Waals surface area contributed by atoms with Crippen LogP contribution >= 0.6 is 23.2 Å². The van der Waals surface area contributed by atoms with Crippen molar-refractivity contribution >= 4 is 40.0 Å². The molecule has 0 saturated carbocycles. The number of aromatic amines is 1. The van der Waals surface area contributed by atoms with Gasteiger partial charge in [-0.1, -0.05) is 40.5 Å². The second kappa shape index (κ2) is 9.07. The van der Waals surface area contributed by atoms with Crippen molar-refractivity contribution in [2.45, 2.75) is 26.1 Å². The third-order valence-corrected chi connectivity index (χ3v) is 5.79. The number of H-pyrrole nitrogens is 1. The lowest BCUT2D eigenvalue weighted by molar-refractivity contribution is -0.137. The van der Waals surface area contributed by atoms with E-state index in [0.29, 0.717) is 34.3 Å². The minimum atomic E-state index is -4.39. The Balaban J connectivity index is 1.39. The summed E-state index contributed by atoms with van der Waals surface area (Å²) in [5.74, 6) is -0.389. The van der Waals surface area contributed by atoms with Crippen molar-refractivity contribution in [2.75, 3.05) is 6.54 Å². The number of carbonyl (C=O) groups excluding carboxylic acids is 1. The minimum Gasteiger partial charge on any atom is -0.361 e. The van der Waals surface area contributed by atoms with Gasteiger partial charge in [0.05, 0.1) is 22.8 Å². The van der Waals surface area contributed by atoms with Gasteiger partial charge in [0, 0.05) is 28.7 Å². The third kappa shape index (κ3) is 4.99. The molecule has 6 nitrogen and oxygen atoms in total. The van der Waals surface area contributed by atoms with Gasteiger partial charge in [-0.3, -0.25) is 4.79 Å². The van der Waals surface area contributed by atoms with Crippen LogP contribution in [0.25, 0.3) is 10.9 Å². The van der Waals surface area contributed by atoms with Crippen LogP contribution in [0.3, 0.4) is 0 Å². The number of nitrogens with one attached hydrogen (secondary N) is 2. The normalized spacial score (nSPS) is 11.8. The van der Waals surface area contributed by atoms with E-state index in [4.69, 9.17) is 23.2 Å². The lowest BCUT2D eigenvalue weighted by Crippen LogP contribution is -2.26. The van der Waals surface area contributed by atoms with Gasteiger partial charge in [-0.2, -0.15) is 13.2 Å². The highest BCUT2D eigenvalue weighted by atomic mass is 35.5. The molecule has 0 bridgehead atoms. The van der Waals surface area contributed by atoms with Crippen LogP contribution in [-0.2, 0) is 19.1 Å². The third-order valence-electron chi connectivity index (χ3n) is 5.27. The van der Waals surface area contributed by atoms with Gasteiger partial charge in [-0.25, -0.2) is 4.68 Å². The van der Waals surface area contributed by atoms with E-state index in [-0.39, 0.29) is 18.1 Å². The molecular formula is C22H18Cl2F3N5O. The average molecular weight is 496 g/mol. The molecule has 4 rings (SSSR count). The first-order chi connectivity index (χ1) is 15.6. The first-order valence-electron chi connectivity index (χ1n) is 9.93. The summed E-state index contributed by atoms with van der Waals surface area (Å²) in [6.45, 7) is 2.22. The van der Waals surface area contributed by atoms with Crippen molar-refractivity contribution in [3.8, 4) is 0 Å². The summed E-state index contributed by atoms with van der Waals surface area (Å²) in [6, 6.07) is 8.23. The lowest BCUT2D eigenvalue weighted by Gasteiger charge is -2.08. The SMILES string of the molecule is Cc1c(C(=O)NCCc2c[nH]c3cc(Cl)cc(Cl)c23)nnn1Cc1ccc(C(F)(F)F)cc1. The zero-order valence-electron chi connectivity index (χ0n) is 17.3. The fourth-order valence-electron chi connectivity index (χ4n) is 3.53. The number of rotatable bonds is 6. The van der Waals surface area contributed by atoms with Crippen molar-refractivity contribution in [2.24, 2.45) is 0 Å². The highest BCUT2D eigenvalue weighted by Crippen LogP contribution is 2.31. The van der Waals surface area contributed by atoms with Gasteiger partial charge in [0.15, 0.2) is 5.69 Å². The summed E-state index contributed by atoms with van der Waals surface area (Å²) in [5, 5.41) is 12.6. The number of carbonyl (C=O) groups is 1. The van der Waals surface area contributed by atoms with E-state index in [2.05, 4.69) is 20.6 Å². The molecule has 0 aliphatic rings. The molecule has 2 N–H and O–H groups in total. The fourth-order valence-corrected chi connectivity index (χ4v) is 4.15. The molecule has 1 amide bonds. The van der Waals surface area contributed by atoms with Gasteiger partial charge >= 0.3 is 6.18 Å². The number of amides is 1. The highest BCUT2D eigenvalue weighted by Gasteiger charge is 2.30. The topological polar surface area (TPSA) is 75.6 Å². The number of fused-ring (bicyclic) bond motifs is 1. The first kappa shape index (κ1) is 23.1. The molecule has 0 unspecified atom stereocenters.